The van der Waals surface area contributed by atoms with Crippen molar-refractivity contribution < 1.29 is 33.9 Å². The number of pyridine rings is 1. The van der Waals surface area contributed by atoms with Crippen LogP contribution >= 0.6 is 23.1 Å². The lowest BCUT2D eigenvalue weighted by molar-refractivity contribution is -0.150. The van der Waals surface area contributed by atoms with E-state index in [2.05, 4.69) is 20.4 Å². The number of thiazole rings is 1. The van der Waals surface area contributed by atoms with Crippen LogP contribution in [0.25, 0.3) is 0 Å². The lowest BCUT2D eigenvalue weighted by atomic mass is 10.0. The molecule has 0 aromatic carbocycles. The van der Waals surface area contributed by atoms with Gasteiger partial charge in [-0.25, -0.2) is 14.8 Å². The third kappa shape index (κ3) is 5.61. The molecule has 3 fully saturated rings. The van der Waals surface area contributed by atoms with Gasteiger partial charge in [0, 0.05) is 29.3 Å². The number of nitrogens with zero attached hydrogens (tertiary/aromatic N) is 5. The van der Waals surface area contributed by atoms with E-state index in [1.807, 2.05) is 0 Å². The standard InChI is InChI=1S/C28H29N7O7S2/c1-41-19-7-6-16(11-30-19)34-9-8-14(24(34)37)10-15-12-43-26-21(25(38)35(26)22(15)27(39)40)32-23(36)20(18-13-44-28(29)31-18)33-42-17-4-2-3-5-17/h6-7,10-11,13,17,21,26H,2-5,8-9,12H2,1H3,(H2,29,31)(H,32,36)(H,39,40)/b14-10+,33-20-/t21-,26-/m1/s1. The average Bonchev–Trinajstić information content (AvgIpc) is 3.78. The summed E-state index contributed by atoms with van der Waals surface area (Å²) in [5.41, 5.74) is 7.06. The van der Waals surface area contributed by atoms with Crippen LogP contribution in [0.15, 0.2) is 51.8 Å². The zero-order chi connectivity index (χ0) is 31.0. The summed E-state index contributed by atoms with van der Waals surface area (Å²) in [4.78, 5) is 68.8. The molecule has 0 bridgehead atoms. The number of aromatic nitrogens is 2. The Bertz CT molecular complexity index is 1600. The van der Waals surface area contributed by atoms with E-state index in [0.29, 0.717) is 35.7 Å². The Hall–Kier alpha value is -4.44. The monoisotopic (exact) mass is 639 g/mol. The lowest BCUT2D eigenvalue weighted by Gasteiger charge is -2.49. The number of nitrogens with two attached hydrogens (primary N) is 1. The van der Waals surface area contributed by atoms with Crippen molar-refractivity contribution in [1.82, 2.24) is 20.2 Å². The summed E-state index contributed by atoms with van der Waals surface area (Å²) in [7, 11) is 1.50. The number of anilines is 2. The van der Waals surface area contributed by atoms with Crippen molar-refractivity contribution in [2.45, 2.75) is 49.6 Å². The fourth-order valence-corrected chi connectivity index (χ4v) is 7.40. The van der Waals surface area contributed by atoms with Crippen LogP contribution in [0, 0.1) is 0 Å². The fourth-order valence-electron chi connectivity index (χ4n) is 5.54. The summed E-state index contributed by atoms with van der Waals surface area (Å²) in [6.45, 7) is 0.403. The molecule has 16 heteroatoms. The molecular weight excluding hydrogens is 610 g/mol. The van der Waals surface area contributed by atoms with Crippen LogP contribution in [0.1, 0.15) is 37.8 Å². The number of methoxy groups -OCH3 is 1. The third-order valence-electron chi connectivity index (χ3n) is 7.78. The molecule has 4 N–H and O–H groups in total. The SMILES string of the molecule is COc1ccc(N2CC/C(=C\C3=C(C(=O)O)N4C(=O)[C@@H](NC(=O)/C(=N\OC5CCCC5)c5csc(N)n5)[C@H]4SC3)C2=O)cn1. The molecule has 230 valence electrons. The highest BCUT2D eigenvalue weighted by atomic mass is 32.2. The molecular formula is C28H29N7O7S2. The second kappa shape index (κ2) is 12.3. The molecule has 14 nitrogen and oxygen atoms in total. The van der Waals surface area contributed by atoms with E-state index in [1.165, 1.54) is 25.1 Å². The highest BCUT2D eigenvalue weighted by Gasteiger charge is 2.54. The first-order valence-corrected chi connectivity index (χ1v) is 15.9. The molecule has 0 unspecified atom stereocenters. The Balaban J connectivity index is 1.19. The van der Waals surface area contributed by atoms with E-state index in [9.17, 15) is 24.3 Å². The average molecular weight is 640 g/mol. The number of carbonyl (C=O) groups excluding carboxylic acids is 3. The van der Waals surface area contributed by atoms with Crippen molar-refractivity contribution in [3.8, 4) is 5.88 Å². The second-order valence-corrected chi connectivity index (χ2v) is 12.5. The largest absolute Gasteiger partial charge is 0.481 e. The van der Waals surface area contributed by atoms with E-state index in [4.69, 9.17) is 15.3 Å². The minimum Gasteiger partial charge on any atom is -0.481 e. The van der Waals surface area contributed by atoms with Crippen LogP contribution in [-0.2, 0) is 24.0 Å². The number of nitrogens with one attached hydrogen (secondary N) is 1. The normalized spacial score (nSPS) is 23.2. The molecule has 2 saturated heterocycles. The zero-order valence-electron chi connectivity index (χ0n) is 23.6. The molecule has 3 amide bonds. The molecule has 0 radical (unpaired) electrons. The minimum absolute atomic E-state index is 0.104. The van der Waals surface area contributed by atoms with Gasteiger partial charge >= 0.3 is 5.97 Å². The van der Waals surface area contributed by atoms with Gasteiger partial charge in [-0.1, -0.05) is 5.16 Å². The molecule has 1 saturated carbocycles. The molecule has 2 aromatic heterocycles. The van der Waals surface area contributed by atoms with Crippen LogP contribution in [0.5, 0.6) is 5.88 Å². The number of hydrogen-bond donors (Lipinski definition) is 3. The number of oxime groups is 1. The van der Waals surface area contributed by atoms with E-state index >= 15 is 0 Å². The van der Waals surface area contributed by atoms with Gasteiger partial charge in [-0.05, 0) is 49.8 Å². The molecule has 2 aromatic rings. The molecule has 1 aliphatic carbocycles. The fraction of sp³-hybridized carbons (Fsp3) is 0.393. The first-order chi connectivity index (χ1) is 21.2. The maximum absolute atomic E-state index is 13.3. The summed E-state index contributed by atoms with van der Waals surface area (Å²) < 4.78 is 5.08. The van der Waals surface area contributed by atoms with Gasteiger partial charge in [0.05, 0.1) is 19.0 Å². The van der Waals surface area contributed by atoms with E-state index in [1.54, 1.807) is 28.5 Å². The number of carboxylic acid groups (broad SMARTS) is 1. The topological polar surface area (TPSA) is 190 Å². The maximum Gasteiger partial charge on any atom is 0.352 e. The van der Waals surface area contributed by atoms with Gasteiger partial charge < -0.3 is 30.6 Å². The highest BCUT2D eigenvalue weighted by Crippen LogP contribution is 2.41. The van der Waals surface area contributed by atoms with Crippen molar-refractivity contribution in [3.05, 3.63) is 52.3 Å². The molecule has 5 heterocycles. The Morgan fingerprint density at radius 3 is 2.70 bits per heavy atom. The number of rotatable bonds is 9. The number of amides is 3. The highest BCUT2D eigenvalue weighted by molar-refractivity contribution is 8.00. The molecule has 0 spiro atoms. The number of aliphatic carboxylic acids is 1. The Kier molecular flexibility index (Phi) is 8.27. The van der Waals surface area contributed by atoms with Crippen LogP contribution in [0.3, 0.4) is 0 Å². The number of carboxylic acids is 1. The number of β-lactam (4-membered cyclic amide) rings is 1. The van der Waals surface area contributed by atoms with Crippen molar-refractivity contribution in [2.75, 3.05) is 30.0 Å². The Morgan fingerprint density at radius 2 is 2.05 bits per heavy atom. The van der Waals surface area contributed by atoms with Gasteiger partial charge in [0.15, 0.2) is 10.8 Å². The second-order valence-electron chi connectivity index (χ2n) is 10.5. The van der Waals surface area contributed by atoms with Gasteiger partial charge in [-0.15, -0.1) is 23.1 Å². The summed E-state index contributed by atoms with van der Waals surface area (Å²) in [5, 5.41) is 18.1. The van der Waals surface area contributed by atoms with Gasteiger partial charge in [-0.2, -0.15) is 0 Å². The number of ether oxygens (including phenoxy) is 1. The number of hydrogen-bond acceptors (Lipinski definition) is 12. The number of allylic oxidation sites excluding steroid dienone is 1. The first-order valence-electron chi connectivity index (χ1n) is 13.9. The predicted molar refractivity (Wildman–Crippen MR) is 162 cm³/mol. The molecule has 3 aliphatic heterocycles. The smallest absolute Gasteiger partial charge is 0.352 e. The maximum atomic E-state index is 13.3. The van der Waals surface area contributed by atoms with Crippen molar-refractivity contribution in [2.24, 2.45) is 5.16 Å². The zero-order valence-corrected chi connectivity index (χ0v) is 25.2. The number of nitrogen functional groups attached to an aromatic ring is 1. The number of fused-ring (bicyclic) bond motifs is 1. The number of thioether (sulfide) groups is 1. The molecule has 2 atom stereocenters. The number of carbonyl (C=O) groups is 4. The molecule has 4 aliphatic rings. The summed E-state index contributed by atoms with van der Waals surface area (Å²) in [5.74, 6) is -2.18. The van der Waals surface area contributed by atoms with Crippen LogP contribution in [-0.4, -0.2) is 86.3 Å². The van der Waals surface area contributed by atoms with Crippen molar-refractivity contribution >= 4 is 63.3 Å². The van der Waals surface area contributed by atoms with Gasteiger partial charge in [0.1, 0.15) is 28.9 Å². The van der Waals surface area contributed by atoms with Crippen LogP contribution in [0.4, 0.5) is 10.8 Å². The first kappa shape index (κ1) is 29.6. The Morgan fingerprint density at radius 1 is 1.25 bits per heavy atom. The van der Waals surface area contributed by atoms with Crippen LogP contribution < -0.4 is 20.7 Å². The van der Waals surface area contributed by atoms with Gasteiger partial charge in [0.2, 0.25) is 5.88 Å². The molecule has 44 heavy (non-hydrogen) atoms. The van der Waals surface area contributed by atoms with Gasteiger partial charge in [-0.3, -0.25) is 19.3 Å². The van der Waals surface area contributed by atoms with Crippen molar-refractivity contribution in [3.63, 3.8) is 0 Å². The van der Waals surface area contributed by atoms with E-state index < -0.39 is 29.2 Å². The van der Waals surface area contributed by atoms with E-state index in [0.717, 1.165) is 41.9 Å². The van der Waals surface area contributed by atoms with E-state index in [-0.39, 0.29) is 40.0 Å². The Labute approximate surface area is 260 Å². The summed E-state index contributed by atoms with van der Waals surface area (Å²) >= 11 is 2.44. The van der Waals surface area contributed by atoms with Gasteiger partial charge in [0.25, 0.3) is 17.7 Å². The minimum atomic E-state index is -1.30. The quantitative estimate of drug-likeness (QED) is 0.157. The predicted octanol–water partition coefficient (Wildman–Crippen LogP) is 1.89. The lowest BCUT2D eigenvalue weighted by Crippen LogP contribution is -2.71. The third-order valence-corrected chi connectivity index (χ3v) is 9.75. The van der Waals surface area contributed by atoms with Crippen molar-refractivity contribution in [1.29, 1.82) is 0 Å². The summed E-state index contributed by atoms with van der Waals surface area (Å²) in [6.07, 6.45) is 7.08. The summed E-state index contributed by atoms with van der Waals surface area (Å²) in [6, 6.07) is 2.39. The molecule has 6 rings (SSSR count). The van der Waals surface area contributed by atoms with Crippen LogP contribution in [0.2, 0.25) is 0 Å².